The molecule has 6 heteroatoms. The fourth-order valence-corrected chi connectivity index (χ4v) is 3.09. The van der Waals surface area contributed by atoms with E-state index in [0.717, 1.165) is 34.8 Å². The predicted octanol–water partition coefficient (Wildman–Crippen LogP) is 3.64. The van der Waals surface area contributed by atoms with Gasteiger partial charge in [0.1, 0.15) is 5.69 Å². The van der Waals surface area contributed by atoms with Gasteiger partial charge in [-0.1, -0.05) is 18.2 Å². The van der Waals surface area contributed by atoms with E-state index in [1.807, 2.05) is 36.4 Å². The number of para-hydroxylation sites is 1. The third-order valence-electron chi connectivity index (χ3n) is 4.48. The summed E-state index contributed by atoms with van der Waals surface area (Å²) in [6.07, 6.45) is 3.88. The van der Waals surface area contributed by atoms with E-state index in [9.17, 15) is 4.79 Å². The Bertz CT molecular complexity index is 1080. The summed E-state index contributed by atoms with van der Waals surface area (Å²) in [7, 11) is 0. The molecule has 25 heavy (non-hydrogen) atoms. The van der Waals surface area contributed by atoms with Crippen molar-refractivity contribution in [2.75, 3.05) is 5.32 Å². The van der Waals surface area contributed by atoms with Gasteiger partial charge in [0.15, 0.2) is 5.65 Å². The van der Waals surface area contributed by atoms with Gasteiger partial charge >= 0.3 is 0 Å². The van der Waals surface area contributed by atoms with Gasteiger partial charge in [-0.3, -0.25) is 10.1 Å². The molecule has 0 atom stereocenters. The molecule has 0 saturated heterocycles. The zero-order valence-corrected chi connectivity index (χ0v) is 13.4. The summed E-state index contributed by atoms with van der Waals surface area (Å²) in [6, 6.07) is 13.7. The van der Waals surface area contributed by atoms with Crippen LogP contribution in [0.4, 0.5) is 5.95 Å². The minimum absolute atomic E-state index is 0.244. The summed E-state index contributed by atoms with van der Waals surface area (Å²) in [4.78, 5) is 29.0. The Labute approximate surface area is 143 Å². The second-order valence-electron chi connectivity index (χ2n) is 6.31. The molecule has 6 nitrogen and oxygen atoms in total. The van der Waals surface area contributed by atoms with E-state index >= 15 is 0 Å². The number of nitrogens with one attached hydrogen (secondary N) is 2. The normalized spacial score (nSPS) is 14.1. The minimum atomic E-state index is -0.244. The number of rotatable bonds is 3. The largest absolute Gasteiger partial charge is 0.322 e. The van der Waals surface area contributed by atoms with E-state index in [4.69, 9.17) is 0 Å². The van der Waals surface area contributed by atoms with Crippen LogP contribution in [0.25, 0.3) is 22.1 Å². The van der Waals surface area contributed by atoms with Crippen LogP contribution in [0, 0.1) is 0 Å². The first-order chi connectivity index (χ1) is 12.3. The molecule has 1 fully saturated rings. The standard InChI is InChI=1S/C19H15N5O/c25-18(24-19-22-15-6-3-9-20-17(15)23-19)16-13(11-7-8-11)10-12-4-1-2-5-14(12)21-16/h1-6,9-11H,7-8H2,(H2,20,22,23,24,25). The van der Waals surface area contributed by atoms with Crippen LogP contribution in [0.3, 0.4) is 0 Å². The highest BCUT2D eigenvalue weighted by molar-refractivity contribution is 6.05. The number of nitrogens with zero attached hydrogens (tertiary/aromatic N) is 3. The van der Waals surface area contributed by atoms with Crippen LogP contribution in [-0.4, -0.2) is 25.8 Å². The Hall–Kier alpha value is -3.28. The van der Waals surface area contributed by atoms with E-state index < -0.39 is 0 Å². The second-order valence-corrected chi connectivity index (χ2v) is 6.31. The van der Waals surface area contributed by atoms with Crippen molar-refractivity contribution in [3.05, 3.63) is 59.9 Å². The first-order valence-electron chi connectivity index (χ1n) is 8.30. The number of hydrogen-bond donors (Lipinski definition) is 2. The van der Waals surface area contributed by atoms with Gasteiger partial charge < -0.3 is 4.98 Å². The fourth-order valence-electron chi connectivity index (χ4n) is 3.09. The lowest BCUT2D eigenvalue weighted by Gasteiger charge is -2.09. The van der Waals surface area contributed by atoms with Crippen molar-refractivity contribution < 1.29 is 4.79 Å². The smallest absolute Gasteiger partial charge is 0.276 e. The SMILES string of the molecule is O=C(Nc1nc2ncccc2[nH]1)c1nc2ccccc2cc1C1CC1. The lowest BCUT2D eigenvalue weighted by Crippen LogP contribution is -2.17. The van der Waals surface area contributed by atoms with Gasteiger partial charge in [0.05, 0.1) is 11.0 Å². The number of fused-ring (bicyclic) bond motifs is 2. The number of carbonyl (C=O) groups is 1. The van der Waals surface area contributed by atoms with Crippen LogP contribution in [0.1, 0.15) is 34.8 Å². The number of pyridine rings is 2. The number of hydrogen-bond acceptors (Lipinski definition) is 4. The van der Waals surface area contributed by atoms with Crippen molar-refractivity contribution in [1.29, 1.82) is 0 Å². The van der Waals surface area contributed by atoms with E-state index in [-0.39, 0.29) is 5.91 Å². The first-order valence-corrected chi connectivity index (χ1v) is 8.30. The third-order valence-corrected chi connectivity index (χ3v) is 4.48. The maximum atomic E-state index is 12.8. The van der Waals surface area contributed by atoms with Gasteiger partial charge in [-0.15, -0.1) is 0 Å². The number of amides is 1. The summed E-state index contributed by atoms with van der Waals surface area (Å²) >= 11 is 0. The van der Waals surface area contributed by atoms with Crippen LogP contribution >= 0.6 is 0 Å². The Balaban J connectivity index is 1.54. The molecular weight excluding hydrogens is 314 g/mol. The van der Waals surface area contributed by atoms with E-state index in [0.29, 0.717) is 23.2 Å². The molecule has 3 heterocycles. The quantitative estimate of drug-likeness (QED) is 0.601. The predicted molar refractivity (Wildman–Crippen MR) is 95.6 cm³/mol. The molecule has 3 aromatic heterocycles. The molecule has 1 saturated carbocycles. The number of aromatic nitrogens is 4. The van der Waals surface area contributed by atoms with Crippen molar-refractivity contribution in [3.8, 4) is 0 Å². The molecule has 0 aliphatic heterocycles. The van der Waals surface area contributed by atoms with Crippen LogP contribution in [0.15, 0.2) is 48.7 Å². The molecule has 0 bridgehead atoms. The van der Waals surface area contributed by atoms with Crippen LogP contribution in [0.5, 0.6) is 0 Å². The number of benzene rings is 1. The third kappa shape index (κ3) is 2.52. The maximum Gasteiger partial charge on any atom is 0.276 e. The molecule has 0 unspecified atom stereocenters. The Morgan fingerprint density at radius 3 is 2.84 bits per heavy atom. The van der Waals surface area contributed by atoms with Crippen molar-refractivity contribution in [1.82, 2.24) is 19.9 Å². The Morgan fingerprint density at radius 2 is 2.00 bits per heavy atom. The van der Waals surface area contributed by atoms with Crippen LogP contribution in [0.2, 0.25) is 0 Å². The van der Waals surface area contributed by atoms with Gasteiger partial charge in [0, 0.05) is 11.6 Å². The Kier molecular flexibility index (Phi) is 3.03. The van der Waals surface area contributed by atoms with E-state index in [1.165, 1.54) is 0 Å². The van der Waals surface area contributed by atoms with Crippen molar-refractivity contribution >= 4 is 33.9 Å². The number of imidazole rings is 1. The highest BCUT2D eigenvalue weighted by Crippen LogP contribution is 2.42. The molecule has 0 spiro atoms. The average molecular weight is 329 g/mol. The fraction of sp³-hybridized carbons (Fsp3) is 0.158. The van der Waals surface area contributed by atoms with E-state index in [2.05, 4.69) is 31.3 Å². The van der Waals surface area contributed by atoms with Crippen LogP contribution < -0.4 is 5.32 Å². The summed E-state index contributed by atoms with van der Waals surface area (Å²) in [5, 5.41) is 3.89. The number of aromatic amines is 1. The maximum absolute atomic E-state index is 12.8. The van der Waals surface area contributed by atoms with Gasteiger partial charge in [-0.05, 0) is 48.6 Å². The lowest BCUT2D eigenvalue weighted by molar-refractivity contribution is 0.102. The highest BCUT2D eigenvalue weighted by atomic mass is 16.2. The summed E-state index contributed by atoms with van der Waals surface area (Å²) in [5.74, 6) is 0.567. The second kappa shape index (κ2) is 5.37. The van der Waals surface area contributed by atoms with Crippen LogP contribution in [-0.2, 0) is 0 Å². The van der Waals surface area contributed by atoms with Crippen molar-refractivity contribution in [3.63, 3.8) is 0 Å². The molecule has 1 amide bonds. The molecule has 5 rings (SSSR count). The van der Waals surface area contributed by atoms with Crippen molar-refractivity contribution in [2.45, 2.75) is 18.8 Å². The average Bonchev–Trinajstić information content (AvgIpc) is 3.40. The minimum Gasteiger partial charge on any atom is -0.322 e. The van der Waals surface area contributed by atoms with Gasteiger partial charge in [-0.25, -0.2) is 9.97 Å². The molecule has 0 radical (unpaired) electrons. The molecule has 2 N–H and O–H groups in total. The molecular formula is C19H15N5O. The molecule has 122 valence electrons. The lowest BCUT2D eigenvalue weighted by atomic mass is 10.0. The topological polar surface area (TPSA) is 83.6 Å². The van der Waals surface area contributed by atoms with Crippen molar-refractivity contribution in [2.24, 2.45) is 0 Å². The van der Waals surface area contributed by atoms with Gasteiger partial charge in [-0.2, -0.15) is 4.98 Å². The van der Waals surface area contributed by atoms with E-state index in [1.54, 1.807) is 6.20 Å². The zero-order chi connectivity index (χ0) is 16.8. The Morgan fingerprint density at radius 1 is 1.12 bits per heavy atom. The summed E-state index contributed by atoms with van der Waals surface area (Å²) < 4.78 is 0. The first kappa shape index (κ1) is 14.1. The van der Waals surface area contributed by atoms with Gasteiger partial charge in [0.25, 0.3) is 5.91 Å². The summed E-state index contributed by atoms with van der Waals surface area (Å²) in [6.45, 7) is 0. The zero-order valence-electron chi connectivity index (χ0n) is 13.4. The number of carbonyl (C=O) groups excluding carboxylic acids is 1. The van der Waals surface area contributed by atoms with Gasteiger partial charge in [0.2, 0.25) is 5.95 Å². The highest BCUT2D eigenvalue weighted by Gasteiger charge is 2.29. The number of H-pyrrole nitrogens is 1. The molecule has 1 aromatic carbocycles. The number of anilines is 1. The summed E-state index contributed by atoms with van der Waals surface area (Å²) in [5.41, 5.74) is 3.68. The molecule has 1 aliphatic carbocycles. The molecule has 4 aromatic rings. The monoisotopic (exact) mass is 329 g/mol. The molecule has 1 aliphatic rings.